The molecule has 1 fully saturated rings. The molecule has 1 saturated heterocycles. The second kappa shape index (κ2) is 5.95. The molecule has 1 atom stereocenters. The van der Waals surface area contributed by atoms with E-state index in [2.05, 4.69) is 15.6 Å². The number of rotatable bonds is 4. The fraction of sp³-hybridized carbons (Fsp3) is 0.111. The molecule has 25 heavy (non-hydrogen) atoms. The van der Waals surface area contributed by atoms with Gasteiger partial charge in [-0.25, -0.2) is 9.79 Å². The van der Waals surface area contributed by atoms with Crippen molar-refractivity contribution in [3.8, 4) is 11.5 Å². The van der Waals surface area contributed by atoms with Crippen LogP contribution in [0.15, 0.2) is 71.5 Å². The number of ether oxygens (including phenoxy) is 2. The molecule has 2 amide bonds. The highest BCUT2D eigenvalue weighted by Crippen LogP contribution is 2.35. The van der Waals surface area contributed by atoms with Gasteiger partial charge in [-0.1, -0.05) is 18.2 Å². The lowest BCUT2D eigenvalue weighted by atomic mass is 10.2. The number of anilines is 1. The van der Waals surface area contributed by atoms with Crippen molar-refractivity contribution >= 4 is 18.1 Å². The van der Waals surface area contributed by atoms with E-state index in [-0.39, 0.29) is 6.03 Å². The number of fused-ring (bicyclic) bond motifs is 1. The van der Waals surface area contributed by atoms with Gasteiger partial charge in [-0.15, -0.1) is 0 Å². The average molecular weight is 336 g/mol. The van der Waals surface area contributed by atoms with Crippen molar-refractivity contribution in [2.24, 2.45) is 4.99 Å². The van der Waals surface area contributed by atoms with Gasteiger partial charge in [0.1, 0.15) is 17.2 Å². The van der Waals surface area contributed by atoms with Crippen LogP contribution in [0.1, 0.15) is 0 Å². The number of hydrogen-bond donors (Lipinski definition) is 2. The van der Waals surface area contributed by atoms with Crippen LogP contribution in [0.2, 0.25) is 0 Å². The van der Waals surface area contributed by atoms with Gasteiger partial charge in [0.2, 0.25) is 0 Å². The largest absolute Gasteiger partial charge is 0.457 e. The molecule has 2 aliphatic rings. The SMILES string of the molecule is COC12N=CNC=C1N(c1ccc(Oc3ccccc3)cc1)C(=O)N2. The van der Waals surface area contributed by atoms with Gasteiger partial charge in [-0.05, 0) is 36.4 Å². The molecule has 2 aromatic rings. The topological polar surface area (TPSA) is 75.2 Å². The number of nitrogens with one attached hydrogen (secondary N) is 2. The number of amides is 2. The van der Waals surface area contributed by atoms with Crippen molar-refractivity contribution in [1.82, 2.24) is 10.6 Å². The van der Waals surface area contributed by atoms with Crippen molar-refractivity contribution < 1.29 is 14.3 Å². The molecule has 0 aliphatic carbocycles. The maximum absolute atomic E-state index is 12.4. The van der Waals surface area contributed by atoms with Crippen molar-refractivity contribution in [2.75, 3.05) is 12.0 Å². The van der Waals surface area contributed by atoms with E-state index in [0.717, 1.165) is 5.75 Å². The quantitative estimate of drug-likeness (QED) is 0.900. The summed E-state index contributed by atoms with van der Waals surface area (Å²) in [5.41, 5.74) is 1.25. The predicted octanol–water partition coefficient (Wildman–Crippen LogP) is 2.78. The Morgan fingerprint density at radius 1 is 1.04 bits per heavy atom. The number of urea groups is 1. The van der Waals surface area contributed by atoms with Crippen LogP contribution in [0.4, 0.5) is 10.5 Å². The van der Waals surface area contributed by atoms with E-state index < -0.39 is 5.85 Å². The standard InChI is InChI=1S/C18H16N4O3/c1-24-18-16(11-19-12-20-18)22(17(23)21-18)13-7-9-15(10-8-13)25-14-5-3-2-4-6-14/h2-12H,1H3,(H,19,20)(H,21,23). The highest BCUT2D eigenvalue weighted by atomic mass is 16.5. The smallest absolute Gasteiger partial charge is 0.330 e. The van der Waals surface area contributed by atoms with Crippen LogP contribution in [0.5, 0.6) is 11.5 Å². The first kappa shape index (κ1) is 15.2. The predicted molar refractivity (Wildman–Crippen MR) is 93.4 cm³/mol. The Balaban J connectivity index is 1.60. The third-order valence-electron chi connectivity index (χ3n) is 3.98. The molecule has 2 heterocycles. The second-order valence-electron chi connectivity index (χ2n) is 5.48. The summed E-state index contributed by atoms with van der Waals surface area (Å²) in [6.45, 7) is 0. The Morgan fingerprint density at radius 2 is 1.76 bits per heavy atom. The van der Waals surface area contributed by atoms with Gasteiger partial charge in [0.15, 0.2) is 0 Å². The number of hydrogen-bond acceptors (Lipinski definition) is 5. The van der Waals surface area contributed by atoms with Crippen LogP contribution < -0.4 is 20.3 Å². The lowest BCUT2D eigenvalue weighted by molar-refractivity contribution is 0.0197. The first-order valence-corrected chi connectivity index (χ1v) is 7.73. The minimum absolute atomic E-state index is 0.314. The van der Waals surface area contributed by atoms with Crippen molar-refractivity contribution in [3.05, 3.63) is 66.5 Å². The molecule has 0 radical (unpaired) electrons. The third-order valence-corrected chi connectivity index (χ3v) is 3.98. The summed E-state index contributed by atoms with van der Waals surface area (Å²) in [4.78, 5) is 18.2. The fourth-order valence-electron chi connectivity index (χ4n) is 2.78. The van der Waals surface area contributed by atoms with Crippen molar-refractivity contribution in [2.45, 2.75) is 5.85 Å². The monoisotopic (exact) mass is 336 g/mol. The van der Waals surface area contributed by atoms with E-state index in [1.165, 1.54) is 18.3 Å². The van der Waals surface area contributed by atoms with E-state index in [9.17, 15) is 4.79 Å². The molecule has 0 bridgehead atoms. The highest BCUT2D eigenvalue weighted by molar-refractivity contribution is 6.00. The van der Waals surface area contributed by atoms with Gasteiger partial charge >= 0.3 is 6.03 Å². The maximum Gasteiger partial charge on any atom is 0.330 e. The van der Waals surface area contributed by atoms with E-state index in [1.807, 2.05) is 54.6 Å². The van der Waals surface area contributed by atoms with Crippen LogP contribution >= 0.6 is 0 Å². The molecule has 7 heteroatoms. The highest BCUT2D eigenvalue weighted by Gasteiger charge is 2.49. The molecule has 0 saturated carbocycles. The molecule has 0 aromatic heterocycles. The van der Waals surface area contributed by atoms with Gasteiger partial charge in [0.25, 0.3) is 5.85 Å². The van der Waals surface area contributed by atoms with Crippen molar-refractivity contribution in [1.29, 1.82) is 0 Å². The first-order valence-electron chi connectivity index (χ1n) is 7.73. The molecule has 1 unspecified atom stereocenters. The molecular formula is C18H16N4O3. The summed E-state index contributed by atoms with van der Waals surface area (Å²) in [5.74, 6) is 0.240. The van der Waals surface area contributed by atoms with Crippen LogP contribution in [-0.2, 0) is 4.74 Å². The van der Waals surface area contributed by atoms with Crippen LogP contribution in [-0.4, -0.2) is 25.3 Å². The molecule has 126 valence electrons. The first-order chi connectivity index (χ1) is 12.2. The van der Waals surface area contributed by atoms with Gasteiger partial charge in [-0.2, -0.15) is 0 Å². The minimum Gasteiger partial charge on any atom is -0.457 e. The maximum atomic E-state index is 12.4. The lowest BCUT2D eigenvalue weighted by Crippen LogP contribution is -2.44. The molecule has 2 N–H and O–H groups in total. The number of carbonyl (C=O) groups is 1. The average Bonchev–Trinajstić information content (AvgIpc) is 2.96. The Kier molecular flexibility index (Phi) is 3.62. The number of benzene rings is 2. The third kappa shape index (κ3) is 2.60. The lowest BCUT2D eigenvalue weighted by Gasteiger charge is -2.27. The van der Waals surface area contributed by atoms with Gasteiger partial charge in [-0.3, -0.25) is 10.2 Å². The summed E-state index contributed by atoms with van der Waals surface area (Å²) in [7, 11) is 1.50. The Bertz CT molecular complexity index is 848. The van der Waals surface area contributed by atoms with Gasteiger partial charge in [0, 0.05) is 13.3 Å². The number of carbonyl (C=O) groups excluding carboxylic acids is 1. The zero-order valence-electron chi connectivity index (χ0n) is 13.5. The van der Waals surface area contributed by atoms with Crippen LogP contribution in [0.3, 0.4) is 0 Å². The number of methoxy groups -OCH3 is 1. The molecule has 7 nitrogen and oxygen atoms in total. The van der Waals surface area contributed by atoms with Crippen LogP contribution in [0, 0.1) is 0 Å². The molecule has 4 rings (SSSR count). The zero-order chi connectivity index (χ0) is 17.3. The zero-order valence-corrected chi connectivity index (χ0v) is 13.5. The van der Waals surface area contributed by atoms with Gasteiger partial charge in [0.05, 0.1) is 12.0 Å². The van der Waals surface area contributed by atoms with E-state index in [0.29, 0.717) is 17.1 Å². The summed E-state index contributed by atoms with van der Waals surface area (Å²) >= 11 is 0. The van der Waals surface area contributed by atoms with Gasteiger partial charge < -0.3 is 14.8 Å². The summed E-state index contributed by atoms with van der Waals surface area (Å²) in [6, 6.07) is 16.4. The van der Waals surface area contributed by atoms with E-state index in [1.54, 1.807) is 6.20 Å². The normalized spacial score (nSPS) is 21.2. The van der Waals surface area contributed by atoms with Crippen molar-refractivity contribution in [3.63, 3.8) is 0 Å². The molecule has 0 spiro atoms. The fourth-order valence-corrected chi connectivity index (χ4v) is 2.78. The Hall–Kier alpha value is -3.32. The number of aliphatic imine (C=N–C) groups is 1. The number of nitrogens with zero attached hydrogens (tertiary/aromatic N) is 2. The second-order valence-corrected chi connectivity index (χ2v) is 5.48. The number of para-hydroxylation sites is 1. The van der Waals surface area contributed by atoms with Crippen LogP contribution in [0.25, 0.3) is 0 Å². The summed E-state index contributed by atoms with van der Waals surface area (Å²) in [5, 5.41) is 5.64. The molecule has 2 aliphatic heterocycles. The summed E-state index contributed by atoms with van der Waals surface area (Å²) in [6.07, 6.45) is 3.16. The van der Waals surface area contributed by atoms with E-state index in [4.69, 9.17) is 9.47 Å². The van der Waals surface area contributed by atoms with E-state index >= 15 is 0 Å². The summed E-state index contributed by atoms with van der Waals surface area (Å²) < 4.78 is 11.2. The molecular weight excluding hydrogens is 320 g/mol. The Morgan fingerprint density at radius 3 is 2.48 bits per heavy atom. The minimum atomic E-state index is -1.19. The Labute approximate surface area is 144 Å². The molecule has 2 aromatic carbocycles.